The van der Waals surface area contributed by atoms with Gasteiger partial charge in [0.2, 0.25) is 5.95 Å². The Morgan fingerprint density at radius 2 is 1.46 bits per heavy atom. The Morgan fingerprint density at radius 3 is 2.12 bits per heavy atom. The number of anilines is 1. The van der Waals surface area contributed by atoms with Crippen LogP contribution in [0.2, 0.25) is 0 Å². The van der Waals surface area contributed by atoms with Crippen LogP contribution in [0.1, 0.15) is 31.4 Å². The Hall–Kier alpha value is -2.01. The van der Waals surface area contributed by atoms with E-state index in [2.05, 4.69) is 36.9 Å². The topological polar surface area (TPSA) is 45.2 Å². The van der Waals surface area contributed by atoms with Gasteiger partial charge in [0, 0.05) is 38.2 Å². The highest BCUT2D eigenvalue weighted by Crippen LogP contribution is 2.41. The van der Waals surface area contributed by atoms with Gasteiger partial charge >= 0.3 is 0 Å². The van der Waals surface area contributed by atoms with E-state index < -0.39 is 0 Å². The highest BCUT2D eigenvalue weighted by Gasteiger charge is 2.37. The van der Waals surface area contributed by atoms with Crippen molar-refractivity contribution in [2.45, 2.75) is 32.2 Å². The summed E-state index contributed by atoms with van der Waals surface area (Å²) in [5, 5.41) is 0. The van der Waals surface area contributed by atoms with E-state index in [4.69, 9.17) is 0 Å². The van der Waals surface area contributed by atoms with Crippen LogP contribution in [0.4, 0.5) is 5.95 Å². The van der Waals surface area contributed by atoms with E-state index in [-0.39, 0.29) is 0 Å². The number of hydrogen-bond donors (Lipinski definition) is 0. The van der Waals surface area contributed by atoms with Crippen molar-refractivity contribution in [1.29, 1.82) is 0 Å². The van der Waals surface area contributed by atoms with Gasteiger partial charge in [0.05, 0.1) is 5.69 Å². The van der Waals surface area contributed by atoms with E-state index in [9.17, 15) is 0 Å². The Morgan fingerprint density at radius 1 is 0.792 bits per heavy atom. The van der Waals surface area contributed by atoms with Gasteiger partial charge in [-0.05, 0) is 62.4 Å². The minimum absolute atomic E-state index is 0.534. The first kappa shape index (κ1) is 15.5. The van der Waals surface area contributed by atoms with E-state index in [1.165, 1.54) is 44.5 Å². The first-order chi connectivity index (χ1) is 11.8. The normalized spacial score (nSPS) is 21.1. The maximum absolute atomic E-state index is 4.46. The zero-order chi connectivity index (χ0) is 16.2. The summed E-state index contributed by atoms with van der Waals surface area (Å²) in [5.74, 6) is 0.889. The van der Waals surface area contributed by atoms with Crippen LogP contribution in [0.3, 0.4) is 0 Å². The van der Waals surface area contributed by atoms with Crippen molar-refractivity contribution in [2.75, 3.05) is 31.1 Å². The Balaban J connectivity index is 1.30. The second-order valence-corrected chi connectivity index (χ2v) is 7.13. The molecule has 126 valence electrons. The van der Waals surface area contributed by atoms with Crippen LogP contribution < -0.4 is 4.90 Å². The van der Waals surface area contributed by atoms with Crippen LogP contribution in [0, 0.1) is 5.41 Å². The molecule has 5 heteroatoms. The van der Waals surface area contributed by atoms with Crippen molar-refractivity contribution in [3.8, 4) is 0 Å². The third-order valence-electron chi connectivity index (χ3n) is 5.69. The van der Waals surface area contributed by atoms with E-state index in [1.54, 1.807) is 0 Å². The molecule has 5 nitrogen and oxygen atoms in total. The van der Waals surface area contributed by atoms with E-state index in [0.717, 1.165) is 25.6 Å². The number of aromatic nitrogens is 3. The molecule has 2 aliphatic heterocycles. The molecule has 0 unspecified atom stereocenters. The first-order valence-corrected chi connectivity index (χ1v) is 8.97. The predicted octanol–water partition coefficient (Wildman–Crippen LogP) is 2.75. The van der Waals surface area contributed by atoms with E-state index in [1.807, 2.05) is 30.7 Å². The van der Waals surface area contributed by atoms with E-state index in [0.29, 0.717) is 5.41 Å². The zero-order valence-electron chi connectivity index (χ0n) is 14.1. The summed E-state index contributed by atoms with van der Waals surface area (Å²) in [7, 11) is 0. The number of piperidine rings is 2. The van der Waals surface area contributed by atoms with Crippen molar-refractivity contribution in [2.24, 2.45) is 5.41 Å². The minimum Gasteiger partial charge on any atom is -0.341 e. The molecule has 4 heterocycles. The van der Waals surface area contributed by atoms with Crippen LogP contribution >= 0.6 is 0 Å². The Kier molecular flexibility index (Phi) is 4.43. The first-order valence-electron chi connectivity index (χ1n) is 8.97. The van der Waals surface area contributed by atoms with Gasteiger partial charge in [-0.15, -0.1) is 0 Å². The van der Waals surface area contributed by atoms with Crippen molar-refractivity contribution >= 4 is 5.95 Å². The summed E-state index contributed by atoms with van der Waals surface area (Å²) in [6.45, 7) is 5.55. The lowest BCUT2D eigenvalue weighted by Crippen LogP contribution is -2.47. The van der Waals surface area contributed by atoms with Gasteiger partial charge < -0.3 is 4.90 Å². The van der Waals surface area contributed by atoms with Gasteiger partial charge in [0.1, 0.15) is 0 Å². The third kappa shape index (κ3) is 3.41. The fraction of sp³-hybridized carbons (Fsp3) is 0.526. The monoisotopic (exact) mass is 323 g/mol. The second kappa shape index (κ2) is 6.85. The molecule has 0 aliphatic carbocycles. The van der Waals surface area contributed by atoms with Crippen LogP contribution in [0.25, 0.3) is 0 Å². The molecule has 2 aliphatic rings. The summed E-state index contributed by atoms with van der Waals surface area (Å²) in [5.41, 5.74) is 1.72. The van der Waals surface area contributed by atoms with Gasteiger partial charge in [0.15, 0.2) is 0 Å². The quantitative estimate of drug-likeness (QED) is 0.869. The molecule has 2 fully saturated rings. The molecular weight excluding hydrogens is 298 g/mol. The largest absolute Gasteiger partial charge is 0.341 e. The number of hydrogen-bond acceptors (Lipinski definition) is 5. The summed E-state index contributed by atoms with van der Waals surface area (Å²) in [4.78, 5) is 18.1. The third-order valence-corrected chi connectivity index (χ3v) is 5.69. The molecule has 0 saturated carbocycles. The molecule has 0 radical (unpaired) electrons. The fourth-order valence-electron chi connectivity index (χ4n) is 4.04. The molecule has 4 rings (SSSR count). The van der Waals surface area contributed by atoms with Crippen molar-refractivity contribution in [1.82, 2.24) is 19.9 Å². The average Bonchev–Trinajstić information content (AvgIpc) is 2.66. The van der Waals surface area contributed by atoms with Crippen molar-refractivity contribution in [3.05, 3.63) is 48.5 Å². The number of rotatable bonds is 3. The summed E-state index contributed by atoms with van der Waals surface area (Å²) >= 11 is 0. The minimum atomic E-state index is 0.534. The van der Waals surface area contributed by atoms with Gasteiger partial charge in [-0.25, -0.2) is 9.97 Å². The van der Waals surface area contributed by atoms with Crippen LogP contribution in [-0.4, -0.2) is 46.0 Å². The average molecular weight is 323 g/mol. The van der Waals surface area contributed by atoms with Crippen LogP contribution in [0.5, 0.6) is 0 Å². The van der Waals surface area contributed by atoms with Gasteiger partial charge in [-0.2, -0.15) is 0 Å². The second-order valence-electron chi connectivity index (χ2n) is 7.13. The lowest BCUT2D eigenvalue weighted by atomic mass is 9.71. The smallest absolute Gasteiger partial charge is 0.225 e. The van der Waals surface area contributed by atoms with Gasteiger partial charge in [-0.1, -0.05) is 6.07 Å². The highest BCUT2D eigenvalue weighted by molar-refractivity contribution is 5.29. The summed E-state index contributed by atoms with van der Waals surface area (Å²) in [6, 6.07) is 8.07. The number of pyridine rings is 1. The number of nitrogens with zero attached hydrogens (tertiary/aromatic N) is 5. The van der Waals surface area contributed by atoms with Crippen LogP contribution in [0.15, 0.2) is 42.9 Å². The molecule has 2 saturated heterocycles. The molecule has 1 spiro atoms. The fourth-order valence-corrected chi connectivity index (χ4v) is 4.04. The van der Waals surface area contributed by atoms with Crippen molar-refractivity contribution in [3.63, 3.8) is 0 Å². The highest BCUT2D eigenvalue weighted by atomic mass is 15.3. The van der Waals surface area contributed by atoms with Crippen molar-refractivity contribution < 1.29 is 0 Å². The standard InChI is InChI=1S/C19H25N5/c1-2-9-20-17(4-1)16-23-12-5-19(6-13-23)7-14-24(15-8-19)18-21-10-3-11-22-18/h1-4,9-11H,5-8,12-16H2. The van der Waals surface area contributed by atoms with Crippen LogP contribution in [-0.2, 0) is 6.54 Å². The molecular formula is C19H25N5. The molecule has 0 aromatic carbocycles. The number of likely N-dealkylation sites (tertiary alicyclic amines) is 1. The van der Waals surface area contributed by atoms with E-state index >= 15 is 0 Å². The molecule has 0 N–H and O–H groups in total. The molecule has 0 atom stereocenters. The Bertz CT molecular complexity index is 627. The molecule has 2 aromatic rings. The molecule has 2 aromatic heterocycles. The Labute approximate surface area is 143 Å². The predicted molar refractivity (Wildman–Crippen MR) is 94.7 cm³/mol. The summed E-state index contributed by atoms with van der Waals surface area (Å²) < 4.78 is 0. The lowest BCUT2D eigenvalue weighted by molar-refractivity contribution is 0.0749. The maximum Gasteiger partial charge on any atom is 0.225 e. The maximum atomic E-state index is 4.46. The summed E-state index contributed by atoms with van der Waals surface area (Å²) in [6.07, 6.45) is 10.7. The molecule has 0 amide bonds. The van der Waals surface area contributed by atoms with Gasteiger partial charge in [0.25, 0.3) is 0 Å². The lowest BCUT2D eigenvalue weighted by Gasteiger charge is -2.46. The van der Waals surface area contributed by atoms with Gasteiger partial charge in [-0.3, -0.25) is 9.88 Å². The zero-order valence-corrected chi connectivity index (χ0v) is 14.1. The molecule has 0 bridgehead atoms. The SMILES string of the molecule is c1ccc(CN2CCC3(CC2)CCN(c2ncccn2)CC3)nc1. The molecule has 24 heavy (non-hydrogen) atoms.